The zero-order chi connectivity index (χ0) is 22.7. The quantitative estimate of drug-likeness (QED) is 0.602. The van der Waals surface area contributed by atoms with Crippen LogP contribution in [0.25, 0.3) is 10.9 Å². The summed E-state index contributed by atoms with van der Waals surface area (Å²) in [7, 11) is -3.64. The van der Waals surface area contributed by atoms with E-state index >= 15 is 0 Å². The number of rotatable bonds is 1. The normalized spacial score (nSPS) is 21.6. The highest BCUT2D eigenvalue weighted by atomic mass is 32.2. The summed E-state index contributed by atoms with van der Waals surface area (Å²) in [5.41, 5.74) is 5.14. The molecule has 0 spiro atoms. The molecule has 0 radical (unpaired) electrons. The van der Waals surface area contributed by atoms with Gasteiger partial charge in [-0.3, -0.25) is 4.79 Å². The zero-order valence-electron chi connectivity index (χ0n) is 18.5. The fourth-order valence-corrected chi connectivity index (χ4v) is 6.57. The van der Waals surface area contributed by atoms with Crippen LogP contribution in [-0.4, -0.2) is 61.1 Å². The third-order valence-corrected chi connectivity index (χ3v) is 8.49. The highest BCUT2D eigenvalue weighted by molar-refractivity contribution is 7.90. The van der Waals surface area contributed by atoms with Gasteiger partial charge in [-0.2, -0.15) is 8.42 Å². The maximum absolute atomic E-state index is 13.3. The van der Waals surface area contributed by atoms with Crippen molar-refractivity contribution in [1.82, 2.24) is 14.8 Å². The van der Waals surface area contributed by atoms with E-state index in [9.17, 15) is 13.2 Å². The first-order chi connectivity index (χ1) is 15.9. The second-order valence-electron chi connectivity index (χ2n) is 9.36. The van der Waals surface area contributed by atoms with Gasteiger partial charge in [-0.1, -0.05) is 19.1 Å². The number of amidine groups is 1. The summed E-state index contributed by atoms with van der Waals surface area (Å²) in [6.07, 6.45) is 3.32. The van der Waals surface area contributed by atoms with Crippen LogP contribution in [0.15, 0.2) is 51.8 Å². The Bertz CT molecular complexity index is 1410. The summed E-state index contributed by atoms with van der Waals surface area (Å²) in [5.74, 6) is 1.18. The summed E-state index contributed by atoms with van der Waals surface area (Å²) in [6, 6.07) is 12.9. The predicted octanol–water partition coefficient (Wildman–Crippen LogP) is 3.20. The lowest BCUT2D eigenvalue weighted by atomic mass is 9.87. The molecule has 1 unspecified atom stereocenters. The lowest BCUT2D eigenvalue weighted by Gasteiger charge is -2.35. The molecular formula is C25H26N4O3S. The summed E-state index contributed by atoms with van der Waals surface area (Å²) < 4.78 is 28.8. The van der Waals surface area contributed by atoms with Crippen LogP contribution in [0.4, 0.5) is 0 Å². The smallest absolute Gasteiger partial charge is 0.285 e. The number of piperazine rings is 1. The van der Waals surface area contributed by atoms with Gasteiger partial charge in [-0.15, -0.1) is 4.40 Å². The number of aryl methyl sites for hydroxylation is 1. The number of aromatic amines is 1. The second kappa shape index (κ2) is 7.45. The minimum atomic E-state index is -3.64. The van der Waals surface area contributed by atoms with Crippen LogP contribution in [0, 0.1) is 5.92 Å². The van der Waals surface area contributed by atoms with Crippen molar-refractivity contribution in [3.05, 3.63) is 64.8 Å². The molecule has 3 heterocycles. The zero-order valence-corrected chi connectivity index (χ0v) is 19.4. The van der Waals surface area contributed by atoms with Crippen LogP contribution in [0.1, 0.15) is 40.5 Å². The van der Waals surface area contributed by atoms with Crippen molar-refractivity contribution < 1.29 is 13.2 Å². The van der Waals surface area contributed by atoms with E-state index in [-0.39, 0.29) is 10.8 Å². The van der Waals surface area contributed by atoms with Gasteiger partial charge in [0.2, 0.25) is 0 Å². The molecule has 170 valence electrons. The van der Waals surface area contributed by atoms with Gasteiger partial charge in [-0.25, -0.2) is 0 Å². The largest absolute Gasteiger partial charge is 0.358 e. The highest BCUT2D eigenvalue weighted by Crippen LogP contribution is 2.32. The van der Waals surface area contributed by atoms with Crippen molar-refractivity contribution in [1.29, 1.82) is 0 Å². The Labute approximate surface area is 193 Å². The van der Waals surface area contributed by atoms with Gasteiger partial charge in [0.1, 0.15) is 4.90 Å². The van der Waals surface area contributed by atoms with E-state index in [0.29, 0.717) is 49.1 Å². The molecule has 33 heavy (non-hydrogen) atoms. The van der Waals surface area contributed by atoms with Crippen LogP contribution in [-0.2, 0) is 22.9 Å². The fraction of sp³-hybridized carbons (Fsp3) is 0.360. The number of hydrogen-bond acceptors (Lipinski definition) is 4. The van der Waals surface area contributed by atoms with E-state index in [4.69, 9.17) is 0 Å². The number of aromatic nitrogens is 1. The van der Waals surface area contributed by atoms with Crippen molar-refractivity contribution in [3.63, 3.8) is 0 Å². The van der Waals surface area contributed by atoms with Crippen LogP contribution in [0.2, 0.25) is 0 Å². The topological polar surface area (TPSA) is 85.8 Å². The molecule has 2 aromatic carbocycles. The maximum Gasteiger partial charge on any atom is 0.285 e. The van der Waals surface area contributed by atoms with Crippen molar-refractivity contribution in [2.24, 2.45) is 10.3 Å². The van der Waals surface area contributed by atoms with Gasteiger partial charge in [0.05, 0.1) is 0 Å². The van der Waals surface area contributed by atoms with Gasteiger partial charge in [-0.05, 0) is 61.1 Å². The summed E-state index contributed by atoms with van der Waals surface area (Å²) in [4.78, 5) is 20.9. The molecule has 2 aliphatic heterocycles. The molecular weight excluding hydrogens is 436 g/mol. The van der Waals surface area contributed by atoms with Gasteiger partial charge in [0.15, 0.2) is 5.84 Å². The lowest BCUT2D eigenvalue weighted by molar-refractivity contribution is 0.0692. The SMILES string of the molecule is CC1CCc2[nH]c3ccc(C(=O)N4CCN(C5=NS(=O)(=O)c6ccccc65)CC4)cc3c2C1. The molecule has 0 bridgehead atoms. The summed E-state index contributed by atoms with van der Waals surface area (Å²) in [5, 5.41) is 1.17. The van der Waals surface area contributed by atoms with Crippen molar-refractivity contribution in [2.45, 2.75) is 31.1 Å². The van der Waals surface area contributed by atoms with Crippen LogP contribution < -0.4 is 0 Å². The number of carbonyl (C=O) groups is 1. The number of benzene rings is 2. The second-order valence-corrected chi connectivity index (χ2v) is 10.9. The number of sulfonamides is 1. The van der Waals surface area contributed by atoms with Crippen LogP contribution in [0.3, 0.4) is 0 Å². The predicted molar refractivity (Wildman–Crippen MR) is 127 cm³/mol. The summed E-state index contributed by atoms with van der Waals surface area (Å²) >= 11 is 0. The molecule has 7 nitrogen and oxygen atoms in total. The molecule has 6 rings (SSSR count). The Morgan fingerprint density at radius 1 is 1.09 bits per heavy atom. The van der Waals surface area contributed by atoms with E-state index in [0.717, 1.165) is 18.4 Å². The maximum atomic E-state index is 13.3. The van der Waals surface area contributed by atoms with Crippen LogP contribution >= 0.6 is 0 Å². The number of carbonyl (C=O) groups excluding carboxylic acids is 1. The molecule has 3 aliphatic rings. The Morgan fingerprint density at radius 2 is 1.88 bits per heavy atom. The molecule has 1 atom stereocenters. The van der Waals surface area contributed by atoms with Crippen molar-refractivity contribution >= 4 is 32.7 Å². The Morgan fingerprint density at radius 3 is 2.70 bits per heavy atom. The van der Waals surface area contributed by atoms with Gasteiger partial charge >= 0.3 is 0 Å². The van der Waals surface area contributed by atoms with Gasteiger partial charge in [0, 0.05) is 53.9 Å². The average molecular weight is 463 g/mol. The third kappa shape index (κ3) is 3.35. The first-order valence-corrected chi connectivity index (χ1v) is 13.0. The third-order valence-electron chi connectivity index (χ3n) is 7.16. The molecule has 1 aromatic heterocycles. The molecule has 8 heteroatoms. The first kappa shape index (κ1) is 20.5. The van der Waals surface area contributed by atoms with E-state index in [1.165, 1.54) is 23.1 Å². The Hall–Kier alpha value is -3.13. The van der Waals surface area contributed by atoms with E-state index in [1.807, 2.05) is 34.1 Å². The number of amides is 1. The monoisotopic (exact) mass is 462 g/mol. The minimum Gasteiger partial charge on any atom is -0.358 e. The molecule has 3 aromatic rings. The Kier molecular flexibility index (Phi) is 4.62. The molecule has 0 saturated carbocycles. The molecule has 1 fully saturated rings. The number of fused-ring (bicyclic) bond motifs is 4. The lowest BCUT2D eigenvalue weighted by Crippen LogP contribution is -2.50. The molecule has 1 aliphatic carbocycles. The molecule has 1 saturated heterocycles. The number of nitrogens with one attached hydrogen (secondary N) is 1. The first-order valence-electron chi connectivity index (χ1n) is 11.5. The summed E-state index contributed by atoms with van der Waals surface area (Å²) in [6.45, 7) is 4.44. The Balaban J connectivity index is 1.21. The van der Waals surface area contributed by atoms with Gasteiger partial charge < -0.3 is 14.8 Å². The highest BCUT2D eigenvalue weighted by Gasteiger charge is 2.33. The van der Waals surface area contributed by atoms with E-state index in [1.54, 1.807) is 18.2 Å². The van der Waals surface area contributed by atoms with E-state index in [2.05, 4.69) is 16.3 Å². The van der Waals surface area contributed by atoms with Gasteiger partial charge in [0.25, 0.3) is 15.9 Å². The minimum absolute atomic E-state index is 0.0248. The fourth-order valence-electron chi connectivity index (χ4n) is 5.34. The molecule has 1 N–H and O–H groups in total. The average Bonchev–Trinajstić information content (AvgIpc) is 3.32. The van der Waals surface area contributed by atoms with Crippen molar-refractivity contribution in [2.75, 3.05) is 26.2 Å². The van der Waals surface area contributed by atoms with Crippen molar-refractivity contribution in [3.8, 4) is 0 Å². The van der Waals surface area contributed by atoms with Crippen LogP contribution in [0.5, 0.6) is 0 Å². The van der Waals surface area contributed by atoms with E-state index < -0.39 is 10.0 Å². The number of hydrogen-bond donors (Lipinski definition) is 1. The number of nitrogens with zero attached hydrogens (tertiary/aromatic N) is 3. The number of H-pyrrole nitrogens is 1. The standard InChI is InChI=1S/C25H26N4O3S/c1-16-6-8-21-19(14-16)20-15-17(7-9-22(20)26-21)25(30)29-12-10-28(11-13-29)24-18-4-2-3-5-23(18)33(31,32)27-24/h2-5,7,9,15-16,26H,6,8,10-14H2,1H3. The molecule has 1 amide bonds.